The Morgan fingerprint density at radius 3 is 1.95 bits per heavy atom. The van der Waals surface area contributed by atoms with Crippen molar-refractivity contribution in [3.05, 3.63) is 41.5 Å². The van der Waals surface area contributed by atoms with Crippen LogP contribution in [0.3, 0.4) is 0 Å². The molecule has 2 aromatic carbocycles. The van der Waals surface area contributed by atoms with Crippen LogP contribution >= 0.6 is 0 Å². The Kier molecular flexibility index (Phi) is 5.13. The molecule has 0 bridgehead atoms. The molecule has 0 aliphatic rings. The number of aromatic carboxylic acids is 2. The van der Waals surface area contributed by atoms with Crippen LogP contribution in [-0.4, -0.2) is 35.1 Å². The summed E-state index contributed by atoms with van der Waals surface area (Å²) in [5.41, 5.74) is -0.712. The van der Waals surface area contributed by atoms with E-state index < -0.39 is 27.0 Å². The zero-order chi connectivity index (χ0) is 15.1. The van der Waals surface area contributed by atoms with E-state index in [1.807, 2.05) is 0 Å². The maximum Gasteiger partial charge on any atom is 1.00 e. The second kappa shape index (κ2) is 6.12. The number of benzene rings is 2. The van der Waals surface area contributed by atoms with Gasteiger partial charge in [-0.15, -0.1) is 0 Å². The van der Waals surface area contributed by atoms with Crippen molar-refractivity contribution < 1.29 is 63.8 Å². The first-order valence-electron chi connectivity index (χ1n) is 5.23. The summed E-state index contributed by atoms with van der Waals surface area (Å²) in [5.74, 6) is -2.80. The first kappa shape index (κ1) is 17.6. The van der Waals surface area contributed by atoms with Gasteiger partial charge >= 0.3 is 41.5 Å². The molecule has 0 spiro atoms. The Morgan fingerprint density at radius 1 is 0.952 bits per heavy atom. The fraction of sp³-hybridized carbons (Fsp3) is 0. The summed E-state index contributed by atoms with van der Waals surface area (Å²) in [4.78, 5) is 21.8. The van der Waals surface area contributed by atoms with E-state index >= 15 is 0 Å². The molecule has 3 N–H and O–H groups in total. The normalized spacial score (nSPS) is 10.9. The van der Waals surface area contributed by atoms with Gasteiger partial charge in [-0.05, 0) is 18.2 Å². The summed E-state index contributed by atoms with van der Waals surface area (Å²) in [5, 5.41) is 17.7. The van der Waals surface area contributed by atoms with Crippen LogP contribution < -0.4 is 29.6 Å². The Hall–Kier alpha value is -1.45. The minimum Gasteiger partial charge on any atom is -1.00 e. The third-order valence-electron chi connectivity index (χ3n) is 2.74. The molecule has 7 nitrogen and oxygen atoms in total. The molecule has 0 saturated carbocycles. The maximum atomic E-state index is 11.3. The molecule has 0 aliphatic carbocycles. The van der Waals surface area contributed by atoms with E-state index in [4.69, 9.17) is 14.8 Å². The molecule has 0 atom stereocenters. The van der Waals surface area contributed by atoms with E-state index in [0.29, 0.717) is 0 Å². The van der Waals surface area contributed by atoms with E-state index in [0.717, 1.165) is 18.2 Å². The number of rotatable bonds is 3. The molecule has 0 unspecified atom stereocenters. The van der Waals surface area contributed by atoms with Gasteiger partial charge in [0.05, 0.1) is 11.1 Å². The van der Waals surface area contributed by atoms with Gasteiger partial charge in [0.2, 0.25) is 0 Å². The van der Waals surface area contributed by atoms with Crippen molar-refractivity contribution in [2.45, 2.75) is 4.90 Å². The molecule has 0 saturated heterocycles. The molecule has 0 aliphatic heterocycles. The van der Waals surface area contributed by atoms with E-state index in [1.165, 1.54) is 12.1 Å². The molecule has 2 aromatic rings. The summed E-state index contributed by atoms with van der Waals surface area (Å²) < 4.78 is 31.7. The van der Waals surface area contributed by atoms with Crippen molar-refractivity contribution in [1.29, 1.82) is 0 Å². The quantitative estimate of drug-likeness (QED) is 0.468. The molecule has 21 heavy (non-hydrogen) atoms. The molecule has 2 rings (SSSR count). The molecular formula is C12H9NaO7S. The predicted octanol–water partition coefficient (Wildman–Crippen LogP) is -1.40. The van der Waals surface area contributed by atoms with Gasteiger partial charge in [-0.25, -0.2) is 9.59 Å². The third kappa shape index (κ3) is 3.25. The largest absolute Gasteiger partial charge is 1.00 e. The predicted molar refractivity (Wildman–Crippen MR) is 68.8 cm³/mol. The Balaban J connectivity index is 0.00000220. The smallest absolute Gasteiger partial charge is 1.00 e. The summed E-state index contributed by atoms with van der Waals surface area (Å²) >= 11 is 0. The molecule has 9 heteroatoms. The van der Waals surface area contributed by atoms with Crippen LogP contribution in [-0.2, 0) is 10.1 Å². The van der Waals surface area contributed by atoms with Gasteiger partial charge in [0.1, 0.15) is 4.90 Å². The average Bonchev–Trinajstić information content (AvgIpc) is 2.34. The van der Waals surface area contributed by atoms with E-state index in [2.05, 4.69) is 0 Å². The maximum absolute atomic E-state index is 11.3. The SMILES string of the molecule is O=C(O)c1cccc2c(S(=O)(=O)O)ccc(C(=O)O)c12.[H-].[Na+]. The monoisotopic (exact) mass is 320 g/mol. The number of carboxylic acid groups (broad SMARTS) is 2. The van der Waals surface area contributed by atoms with Crippen molar-refractivity contribution in [2.75, 3.05) is 0 Å². The topological polar surface area (TPSA) is 129 Å². The first-order chi connectivity index (χ1) is 9.23. The Bertz CT molecular complexity index is 828. The molecule has 0 fully saturated rings. The number of carbonyl (C=O) groups is 2. The molecule has 0 aromatic heterocycles. The van der Waals surface area contributed by atoms with Gasteiger partial charge in [0.15, 0.2) is 0 Å². The van der Waals surface area contributed by atoms with Crippen LogP contribution in [0.4, 0.5) is 0 Å². The van der Waals surface area contributed by atoms with E-state index in [9.17, 15) is 18.0 Å². The van der Waals surface area contributed by atoms with Gasteiger partial charge < -0.3 is 11.6 Å². The van der Waals surface area contributed by atoms with Gasteiger partial charge in [-0.2, -0.15) is 8.42 Å². The average molecular weight is 320 g/mol. The van der Waals surface area contributed by atoms with Crippen LogP contribution in [0.25, 0.3) is 10.8 Å². The van der Waals surface area contributed by atoms with Crippen LogP contribution in [0.5, 0.6) is 0 Å². The molecule has 0 amide bonds. The van der Waals surface area contributed by atoms with Crippen LogP contribution in [0.15, 0.2) is 35.2 Å². The van der Waals surface area contributed by atoms with Crippen LogP contribution in [0, 0.1) is 0 Å². The van der Waals surface area contributed by atoms with Gasteiger partial charge in [-0.3, -0.25) is 4.55 Å². The third-order valence-corrected chi connectivity index (χ3v) is 3.65. The Labute approximate surface area is 142 Å². The van der Waals surface area contributed by atoms with E-state index in [-0.39, 0.29) is 52.9 Å². The molecule has 0 radical (unpaired) electrons. The second-order valence-corrected chi connectivity index (χ2v) is 5.31. The number of fused-ring (bicyclic) bond motifs is 1. The van der Waals surface area contributed by atoms with Crippen molar-refractivity contribution in [3.8, 4) is 0 Å². The molecule has 0 heterocycles. The number of carboxylic acids is 2. The van der Waals surface area contributed by atoms with Crippen LogP contribution in [0.2, 0.25) is 0 Å². The molecule has 106 valence electrons. The van der Waals surface area contributed by atoms with Crippen molar-refractivity contribution in [3.63, 3.8) is 0 Å². The van der Waals surface area contributed by atoms with Crippen molar-refractivity contribution in [2.24, 2.45) is 0 Å². The fourth-order valence-electron chi connectivity index (χ4n) is 1.96. The second-order valence-electron chi connectivity index (χ2n) is 3.92. The summed E-state index contributed by atoms with van der Waals surface area (Å²) in [6.45, 7) is 0. The van der Waals surface area contributed by atoms with Crippen molar-refractivity contribution in [1.82, 2.24) is 0 Å². The summed E-state index contributed by atoms with van der Waals surface area (Å²) in [6, 6.07) is 5.53. The van der Waals surface area contributed by atoms with Crippen LogP contribution in [0.1, 0.15) is 22.1 Å². The first-order valence-corrected chi connectivity index (χ1v) is 6.67. The molecular weight excluding hydrogens is 311 g/mol. The Morgan fingerprint density at radius 2 is 1.48 bits per heavy atom. The standard InChI is InChI=1S/C12H8O7S.Na.H/c13-11(14)7-3-1-2-6-9(20(17,18)19)5-4-8(10(6)7)12(15)16;;/h1-5H,(H,13,14)(H,15,16)(H,17,18,19);;/q;+1;-1. The zero-order valence-electron chi connectivity index (χ0n) is 11.8. The summed E-state index contributed by atoms with van der Waals surface area (Å²) in [7, 11) is -4.60. The minimum absolute atomic E-state index is 0. The number of hydrogen-bond acceptors (Lipinski definition) is 4. The van der Waals surface area contributed by atoms with Gasteiger partial charge in [-0.1, -0.05) is 12.1 Å². The van der Waals surface area contributed by atoms with E-state index in [1.54, 1.807) is 0 Å². The fourth-order valence-corrected chi connectivity index (χ4v) is 2.65. The summed E-state index contributed by atoms with van der Waals surface area (Å²) in [6.07, 6.45) is 0. The van der Waals surface area contributed by atoms with Gasteiger partial charge in [0, 0.05) is 10.8 Å². The zero-order valence-corrected chi connectivity index (χ0v) is 13.6. The minimum atomic E-state index is -4.60. The van der Waals surface area contributed by atoms with Crippen molar-refractivity contribution >= 4 is 32.8 Å². The number of hydrogen-bond donors (Lipinski definition) is 3. The van der Waals surface area contributed by atoms with Gasteiger partial charge in [0.25, 0.3) is 10.1 Å².